The van der Waals surface area contributed by atoms with Gasteiger partial charge >= 0.3 is 0 Å². The van der Waals surface area contributed by atoms with Crippen molar-refractivity contribution in [3.8, 4) is 22.3 Å². The zero-order valence-electron chi connectivity index (χ0n) is 27.6. The Morgan fingerprint density at radius 3 is 1.85 bits per heavy atom. The summed E-state index contributed by atoms with van der Waals surface area (Å²) in [6.45, 7) is 9.51. The zero-order chi connectivity index (χ0) is 32.4. The Morgan fingerprint density at radius 2 is 1.04 bits per heavy atom. The van der Waals surface area contributed by atoms with Crippen molar-refractivity contribution >= 4 is 59.3 Å². The van der Waals surface area contributed by atoms with Gasteiger partial charge in [0.2, 0.25) is 0 Å². The maximum atomic E-state index is 2.57. The maximum absolute atomic E-state index is 2.57. The quantitative estimate of drug-likeness (QED) is 0.187. The van der Waals surface area contributed by atoms with Crippen molar-refractivity contribution in [2.24, 2.45) is 0 Å². The molecule has 0 bridgehead atoms. The molecule has 0 saturated carbocycles. The normalized spacial score (nSPS) is 15.0. The average molecular weight is 634 g/mol. The van der Waals surface area contributed by atoms with Crippen LogP contribution in [-0.2, 0) is 10.8 Å². The molecule has 1 heterocycles. The molecule has 8 aromatic rings. The van der Waals surface area contributed by atoms with Gasteiger partial charge in [0.1, 0.15) is 0 Å². The third kappa shape index (κ3) is 3.61. The van der Waals surface area contributed by atoms with Gasteiger partial charge < -0.3 is 4.90 Å². The van der Waals surface area contributed by atoms with Crippen LogP contribution in [-0.4, -0.2) is 0 Å². The molecule has 0 aliphatic heterocycles. The second kappa shape index (κ2) is 9.69. The lowest BCUT2D eigenvalue weighted by molar-refractivity contribution is 0.660. The van der Waals surface area contributed by atoms with Crippen molar-refractivity contribution in [2.45, 2.75) is 38.5 Å². The molecule has 7 aromatic carbocycles. The fraction of sp³-hybridized carbons (Fsp3) is 0.130. The number of anilines is 3. The minimum absolute atomic E-state index is 0.0906. The lowest BCUT2D eigenvalue weighted by Crippen LogP contribution is -2.17. The van der Waals surface area contributed by atoms with Crippen molar-refractivity contribution in [1.29, 1.82) is 0 Å². The third-order valence-corrected chi connectivity index (χ3v) is 12.4. The Morgan fingerprint density at radius 1 is 0.438 bits per heavy atom. The van der Waals surface area contributed by atoms with Crippen LogP contribution >= 0.6 is 11.3 Å². The highest BCUT2D eigenvalue weighted by molar-refractivity contribution is 7.26. The summed E-state index contributed by atoms with van der Waals surface area (Å²) in [5, 5.41) is 5.25. The Hall–Kier alpha value is -5.18. The molecule has 2 heteroatoms. The molecule has 10 rings (SSSR count). The lowest BCUT2D eigenvalue weighted by Gasteiger charge is -2.31. The van der Waals surface area contributed by atoms with Gasteiger partial charge in [-0.3, -0.25) is 0 Å². The average Bonchev–Trinajstić information content (AvgIpc) is 3.69. The Labute approximate surface area is 285 Å². The van der Waals surface area contributed by atoms with Crippen molar-refractivity contribution in [3.63, 3.8) is 0 Å². The van der Waals surface area contributed by atoms with Crippen LogP contribution in [0.2, 0.25) is 0 Å². The predicted octanol–water partition coefficient (Wildman–Crippen LogP) is 13.3. The summed E-state index contributed by atoms with van der Waals surface area (Å²) in [5.41, 5.74) is 14.4. The summed E-state index contributed by atoms with van der Waals surface area (Å²) in [7, 11) is 0. The fourth-order valence-corrected chi connectivity index (χ4v) is 10.1. The van der Waals surface area contributed by atoms with Crippen LogP contribution in [0.3, 0.4) is 0 Å². The Bertz CT molecular complexity index is 2630. The van der Waals surface area contributed by atoms with E-state index in [1.807, 2.05) is 11.3 Å². The first kappa shape index (κ1) is 27.9. The first-order valence-electron chi connectivity index (χ1n) is 16.9. The SMILES string of the molecule is CC1(C)c2ccccc2-c2ccc(N(c3cccc4c3-c3ccccc3C4(C)C)c3cc4sc5ccccc5c4c4ccccc34)cc21. The highest BCUT2D eigenvalue weighted by Gasteiger charge is 2.39. The van der Waals surface area contributed by atoms with Gasteiger partial charge in [-0.05, 0) is 74.7 Å². The minimum Gasteiger partial charge on any atom is -0.309 e. The summed E-state index contributed by atoms with van der Waals surface area (Å²) in [6, 6.07) is 52.4. The van der Waals surface area contributed by atoms with E-state index in [0.717, 1.165) is 0 Å². The van der Waals surface area contributed by atoms with Gasteiger partial charge in [0.15, 0.2) is 0 Å². The van der Waals surface area contributed by atoms with E-state index in [4.69, 9.17) is 0 Å². The van der Waals surface area contributed by atoms with Gasteiger partial charge in [-0.25, -0.2) is 0 Å². The van der Waals surface area contributed by atoms with E-state index >= 15 is 0 Å². The topological polar surface area (TPSA) is 3.24 Å². The second-order valence-corrected chi connectivity index (χ2v) is 15.6. The molecule has 0 spiro atoms. The number of nitrogens with zero attached hydrogens (tertiary/aromatic N) is 1. The van der Waals surface area contributed by atoms with Gasteiger partial charge in [-0.2, -0.15) is 0 Å². The van der Waals surface area contributed by atoms with E-state index < -0.39 is 0 Å². The van der Waals surface area contributed by atoms with Gasteiger partial charge in [-0.1, -0.05) is 137 Å². The second-order valence-electron chi connectivity index (χ2n) is 14.5. The molecule has 230 valence electrons. The Kier molecular flexibility index (Phi) is 5.63. The van der Waals surface area contributed by atoms with E-state index in [-0.39, 0.29) is 10.8 Å². The number of benzene rings is 7. The van der Waals surface area contributed by atoms with Gasteiger partial charge in [0, 0.05) is 47.6 Å². The smallest absolute Gasteiger partial charge is 0.0554 e. The third-order valence-electron chi connectivity index (χ3n) is 11.3. The highest BCUT2D eigenvalue weighted by Crippen LogP contribution is 2.57. The van der Waals surface area contributed by atoms with Crippen molar-refractivity contribution in [3.05, 3.63) is 162 Å². The molecule has 0 amide bonds. The summed E-state index contributed by atoms with van der Waals surface area (Å²) < 4.78 is 2.65. The molecule has 0 radical (unpaired) electrons. The van der Waals surface area contributed by atoms with E-state index in [1.54, 1.807) is 0 Å². The molecule has 1 aromatic heterocycles. The highest BCUT2D eigenvalue weighted by atomic mass is 32.1. The summed E-state index contributed by atoms with van der Waals surface area (Å²) >= 11 is 1.90. The van der Waals surface area contributed by atoms with Crippen molar-refractivity contribution in [2.75, 3.05) is 4.90 Å². The summed E-state index contributed by atoms with van der Waals surface area (Å²) in [6.07, 6.45) is 0. The molecule has 48 heavy (non-hydrogen) atoms. The predicted molar refractivity (Wildman–Crippen MR) is 207 cm³/mol. The van der Waals surface area contributed by atoms with E-state index in [9.17, 15) is 0 Å². The number of hydrogen-bond acceptors (Lipinski definition) is 2. The maximum Gasteiger partial charge on any atom is 0.0554 e. The van der Waals surface area contributed by atoms with Gasteiger partial charge in [0.25, 0.3) is 0 Å². The zero-order valence-corrected chi connectivity index (χ0v) is 28.5. The minimum atomic E-state index is -0.0989. The number of thiophene rings is 1. The molecular formula is C46H35NS. The van der Waals surface area contributed by atoms with E-state index in [1.165, 1.54) is 92.5 Å². The van der Waals surface area contributed by atoms with Crippen molar-refractivity contribution < 1.29 is 0 Å². The first-order chi connectivity index (χ1) is 23.3. The van der Waals surface area contributed by atoms with Crippen LogP contribution in [0.15, 0.2) is 140 Å². The number of fused-ring (bicyclic) bond motifs is 11. The number of hydrogen-bond donors (Lipinski definition) is 0. The van der Waals surface area contributed by atoms with Crippen molar-refractivity contribution in [1.82, 2.24) is 0 Å². The standard InChI is InChI=1S/C46H35NS/c1-45(2)36-20-11-8-17-33(36)44-37(45)21-13-22-39(44)47(28-24-25-30-29-14-7-10-19-35(29)46(3,4)38(30)26-28)40-27-42-43(32-16-6-5-15-31(32)40)34-18-9-12-23-41(34)48-42/h5-27H,1-4H3. The molecule has 1 nitrogen and oxygen atoms in total. The van der Waals surface area contributed by atoms with Crippen LogP contribution in [0.5, 0.6) is 0 Å². The van der Waals surface area contributed by atoms with Crippen LogP contribution in [0.1, 0.15) is 49.9 Å². The van der Waals surface area contributed by atoms with Gasteiger partial charge in [0.05, 0.1) is 11.4 Å². The molecule has 2 aliphatic rings. The van der Waals surface area contributed by atoms with Crippen LogP contribution in [0.4, 0.5) is 17.1 Å². The lowest BCUT2D eigenvalue weighted by atomic mass is 9.82. The molecule has 0 fully saturated rings. The van der Waals surface area contributed by atoms with Crippen LogP contribution in [0, 0.1) is 0 Å². The van der Waals surface area contributed by atoms with E-state index in [0.29, 0.717) is 0 Å². The number of rotatable bonds is 3. The molecule has 0 unspecified atom stereocenters. The summed E-state index contributed by atoms with van der Waals surface area (Å²) in [5.74, 6) is 0. The first-order valence-corrected chi connectivity index (χ1v) is 17.8. The molecule has 0 N–H and O–H groups in total. The monoisotopic (exact) mass is 633 g/mol. The molecular weight excluding hydrogens is 599 g/mol. The van der Waals surface area contributed by atoms with Gasteiger partial charge in [-0.15, -0.1) is 11.3 Å². The molecule has 0 atom stereocenters. The summed E-state index contributed by atoms with van der Waals surface area (Å²) in [4.78, 5) is 2.57. The largest absolute Gasteiger partial charge is 0.309 e. The van der Waals surface area contributed by atoms with Crippen LogP contribution in [0.25, 0.3) is 53.2 Å². The fourth-order valence-electron chi connectivity index (χ4n) is 8.92. The molecule has 0 saturated heterocycles. The Balaban J connectivity index is 1.32. The van der Waals surface area contributed by atoms with Crippen LogP contribution < -0.4 is 4.90 Å². The van der Waals surface area contributed by atoms with E-state index in [2.05, 4.69) is 172 Å². The molecule has 2 aliphatic carbocycles.